The zero-order chi connectivity index (χ0) is 13.9. The number of benzene rings is 1. The third-order valence-corrected chi connectivity index (χ3v) is 3.21. The van der Waals surface area contributed by atoms with Crippen molar-refractivity contribution in [2.24, 2.45) is 0 Å². The molecule has 0 unspecified atom stereocenters. The number of rotatable bonds is 1. The summed E-state index contributed by atoms with van der Waals surface area (Å²) in [6, 6.07) is 11.1. The number of aromatic nitrogens is 1. The second kappa shape index (κ2) is 5.21. The van der Waals surface area contributed by atoms with Gasteiger partial charge in [0.1, 0.15) is 6.61 Å². The fourth-order valence-corrected chi connectivity index (χ4v) is 2.14. The van der Waals surface area contributed by atoms with Gasteiger partial charge in [0, 0.05) is 11.9 Å². The first kappa shape index (κ1) is 12.5. The second-order valence-electron chi connectivity index (χ2n) is 4.57. The fraction of sp³-hybridized carbons (Fsp3) is 0.200. The number of amides is 2. The van der Waals surface area contributed by atoms with Crippen molar-refractivity contribution < 1.29 is 9.53 Å². The van der Waals surface area contributed by atoms with E-state index in [0.717, 1.165) is 11.3 Å². The summed E-state index contributed by atoms with van der Waals surface area (Å²) in [6.07, 6.45) is 1.65. The van der Waals surface area contributed by atoms with Crippen molar-refractivity contribution in [3.05, 3.63) is 48.2 Å². The first-order chi connectivity index (χ1) is 9.75. The minimum absolute atomic E-state index is 0.192. The van der Waals surface area contributed by atoms with E-state index >= 15 is 0 Å². The maximum atomic E-state index is 12.4. The molecule has 1 aromatic carbocycles. The van der Waals surface area contributed by atoms with Crippen molar-refractivity contribution >= 4 is 17.5 Å². The van der Waals surface area contributed by atoms with E-state index in [4.69, 9.17) is 4.74 Å². The molecule has 0 aliphatic carbocycles. The minimum Gasteiger partial charge on any atom is -0.488 e. The van der Waals surface area contributed by atoms with Crippen LogP contribution in [-0.4, -0.2) is 24.2 Å². The Balaban J connectivity index is 1.84. The average Bonchev–Trinajstić information content (AvgIpc) is 2.49. The number of carbonyl (C=O) groups is 1. The molecular formula is C15H15N3O2. The lowest BCUT2D eigenvalue weighted by Gasteiger charge is -2.28. The molecule has 0 saturated heterocycles. The number of urea groups is 1. The summed E-state index contributed by atoms with van der Waals surface area (Å²) in [5, 5.41) is 2.91. The molecule has 0 atom stereocenters. The van der Waals surface area contributed by atoms with Gasteiger partial charge >= 0.3 is 6.03 Å². The first-order valence-electron chi connectivity index (χ1n) is 6.47. The predicted octanol–water partition coefficient (Wildman–Crippen LogP) is 2.82. The van der Waals surface area contributed by atoms with Crippen LogP contribution in [0.25, 0.3) is 0 Å². The van der Waals surface area contributed by atoms with Gasteiger partial charge in [-0.2, -0.15) is 0 Å². The molecule has 2 heterocycles. The molecule has 1 aliphatic heterocycles. The van der Waals surface area contributed by atoms with Gasteiger partial charge in [-0.25, -0.2) is 9.78 Å². The van der Waals surface area contributed by atoms with Crippen LogP contribution in [0.4, 0.5) is 16.3 Å². The highest BCUT2D eigenvalue weighted by atomic mass is 16.5. The third-order valence-electron chi connectivity index (χ3n) is 3.21. The molecule has 5 nitrogen and oxygen atoms in total. The highest BCUT2D eigenvalue weighted by Crippen LogP contribution is 2.29. The molecule has 0 fully saturated rings. The molecule has 20 heavy (non-hydrogen) atoms. The third kappa shape index (κ3) is 2.30. The Bertz CT molecular complexity index is 643. The summed E-state index contributed by atoms with van der Waals surface area (Å²) in [6.45, 7) is 2.92. The van der Waals surface area contributed by atoms with Gasteiger partial charge in [0.15, 0.2) is 11.6 Å². The molecule has 2 aromatic rings. The number of nitrogens with one attached hydrogen (secondary N) is 1. The number of hydrogen-bond acceptors (Lipinski definition) is 3. The van der Waals surface area contributed by atoms with Gasteiger partial charge in [-0.3, -0.25) is 4.90 Å². The molecule has 1 N–H and O–H groups in total. The van der Waals surface area contributed by atoms with E-state index in [1.54, 1.807) is 17.2 Å². The van der Waals surface area contributed by atoms with Crippen molar-refractivity contribution in [3.8, 4) is 5.75 Å². The fourth-order valence-electron chi connectivity index (χ4n) is 2.14. The molecule has 0 radical (unpaired) electrons. The number of ether oxygens (including phenoxy) is 1. The number of anilines is 2. The number of para-hydroxylation sites is 1. The van der Waals surface area contributed by atoms with Crippen molar-refractivity contribution in [2.75, 3.05) is 23.4 Å². The largest absolute Gasteiger partial charge is 0.488 e. The number of nitrogens with zero attached hydrogens (tertiary/aromatic N) is 2. The maximum Gasteiger partial charge on any atom is 0.327 e. The standard InChI is InChI=1S/C15H15N3O2/c1-11-5-2-3-6-12(11)17-15(19)18-9-10-20-13-7-4-8-16-14(13)18/h2-8H,9-10H2,1H3,(H,17,19). The van der Waals surface area contributed by atoms with Gasteiger partial charge in [-0.15, -0.1) is 0 Å². The number of hydrogen-bond donors (Lipinski definition) is 1. The van der Waals surface area contributed by atoms with Crippen molar-refractivity contribution in [1.29, 1.82) is 0 Å². The summed E-state index contributed by atoms with van der Waals surface area (Å²) in [5.74, 6) is 1.20. The number of fused-ring (bicyclic) bond motifs is 1. The average molecular weight is 269 g/mol. The molecule has 0 saturated carbocycles. The van der Waals surface area contributed by atoms with Gasteiger partial charge in [0.05, 0.1) is 6.54 Å². The van der Waals surface area contributed by atoms with Crippen LogP contribution in [0.5, 0.6) is 5.75 Å². The molecule has 0 spiro atoms. The van der Waals surface area contributed by atoms with Crippen LogP contribution in [0.3, 0.4) is 0 Å². The summed E-state index contributed by atoms with van der Waals surface area (Å²) in [5.41, 5.74) is 1.83. The quantitative estimate of drug-likeness (QED) is 0.866. The van der Waals surface area contributed by atoms with Gasteiger partial charge < -0.3 is 10.1 Å². The Morgan fingerprint density at radius 1 is 1.30 bits per heavy atom. The summed E-state index contributed by atoms with van der Waals surface area (Å²) >= 11 is 0. The Kier molecular flexibility index (Phi) is 3.25. The van der Waals surface area contributed by atoms with Crippen LogP contribution in [0.2, 0.25) is 0 Å². The van der Waals surface area contributed by atoms with E-state index < -0.39 is 0 Å². The van der Waals surface area contributed by atoms with E-state index in [0.29, 0.717) is 24.7 Å². The number of carbonyl (C=O) groups excluding carboxylic acids is 1. The van der Waals surface area contributed by atoms with Gasteiger partial charge in [0.2, 0.25) is 0 Å². The SMILES string of the molecule is Cc1ccccc1NC(=O)N1CCOc2cccnc21. The van der Waals surface area contributed by atoms with Crippen LogP contribution in [0.1, 0.15) is 5.56 Å². The van der Waals surface area contributed by atoms with Gasteiger partial charge in [0.25, 0.3) is 0 Å². The number of aryl methyl sites for hydroxylation is 1. The zero-order valence-corrected chi connectivity index (χ0v) is 11.2. The van der Waals surface area contributed by atoms with Crippen LogP contribution >= 0.6 is 0 Å². The van der Waals surface area contributed by atoms with Gasteiger partial charge in [-0.05, 0) is 30.7 Å². The lowest BCUT2D eigenvalue weighted by atomic mass is 10.2. The molecule has 3 rings (SSSR count). The summed E-state index contributed by atoms with van der Waals surface area (Å²) in [4.78, 5) is 18.2. The van der Waals surface area contributed by atoms with Crippen molar-refractivity contribution in [1.82, 2.24) is 4.98 Å². The Morgan fingerprint density at radius 3 is 3.00 bits per heavy atom. The monoisotopic (exact) mass is 269 g/mol. The topological polar surface area (TPSA) is 54.5 Å². The van der Waals surface area contributed by atoms with E-state index in [-0.39, 0.29) is 6.03 Å². The van der Waals surface area contributed by atoms with Gasteiger partial charge in [-0.1, -0.05) is 18.2 Å². The highest BCUT2D eigenvalue weighted by Gasteiger charge is 2.24. The highest BCUT2D eigenvalue weighted by molar-refractivity contribution is 6.02. The van der Waals surface area contributed by atoms with Crippen LogP contribution in [0, 0.1) is 6.92 Å². The van der Waals surface area contributed by atoms with E-state index in [9.17, 15) is 4.79 Å². The van der Waals surface area contributed by atoms with Crippen LogP contribution in [0.15, 0.2) is 42.6 Å². The minimum atomic E-state index is -0.192. The van der Waals surface area contributed by atoms with Crippen LogP contribution in [-0.2, 0) is 0 Å². The van der Waals surface area contributed by atoms with Crippen molar-refractivity contribution in [2.45, 2.75) is 6.92 Å². The Hall–Kier alpha value is -2.56. The lowest BCUT2D eigenvalue weighted by Crippen LogP contribution is -2.41. The second-order valence-corrected chi connectivity index (χ2v) is 4.57. The Labute approximate surface area is 117 Å². The normalized spacial score (nSPS) is 13.3. The van der Waals surface area contributed by atoms with E-state index in [1.807, 2.05) is 37.3 Å². The summed E-state index contributed by atoms with van der Waals surface area (Å²) < 4.78 is 5.49. The molecule has 2 amide bonds. The van der Waals surface area contributed by atoms with Crippen LogP contribution < -0.4 is 15.0 Å². The predicted molar refractivity (Wildman–Crippen MR) is 77.3 cm³/mol. The molecule has 1 aromatic heterocycles. The van der Waals surface area contributed by atoms with Crippen molar-refractivity contribution in [3.63, 3.8) is 0 Å². The maximum absolute atomic E-state index is 12.4. The number of pyridine rings is 1. The molecule has 5 heteroatoms. The molecule has 0 bridgehead atoms. The zero-order valence-electron chi connectivity index (χ0n) is 11.2. The molecule has 1 aliphatic rings. The van der Waals surface area contributed by atoms with E-state index in [1.165, 1.54) is 0 Å². The Morgan fingerprint density at radius 2 is 2.15 bits per heavy atom. The summed E-state index contributed by atoms with van der Waals surface area (Å²) in [7, 11) is 0. The molecule has 102 valence electrons. The smallest absolute Gasteiger partial charge is 0.327 e. The van der Waals surface area contributed by atoms with E-state index in [2.05, 4.69) is 10.3 Å². The molecular weight excluding hydrogens is 254 g/mol. The lowest BCUT2D eigenvalue weighted by molar-refractivity contribution is 0.249. The first-order valence-corrected chi connectivity index (χ1v) is 6.47.